The second-order valence-electron chi connectivity index (χ2n) is 7.72. The van der Waals surface area contributed by atoms with Gasteiger partial charge in [-0.05, 0) is 35.4 Å². The highest BCUT2D eigenvalue weighted by Crippen LogP contribution is 2.39. The number of hydrogen-bond donors (Lipinski definition) is 1. The fraction of sp³-hybridized carbons (Fsp3) is 0.684. The Morgan fingerprint density at radius 2 is 1.73 bits per heavy atom. The van der Waals surface area contributed by atoms with E-state index in [-0.39, 0.29) is 17.4 Å². The first-order valence-electron chi connectivity index (χ1n) is 8.01. The van der Waals surface area contributed by atoms with Crippen LogP contribution in [0.15, 0.2) is 12.1 Å². The molecule has 1 radical (unpaired) electrons. The van der Waals surface area contributed by atoms with E-state index in [1.807, 2.05) is 19.1 Å². The van der Waals surface area contributed by atoms with Crippen LogP contribution in [-0.2, 0) is 15.6 Å². The van der Waals surface area contributed by atoms with Crippen LogP contribution >= 0.6 is 0 Å². The van der Waals surface area contributed by atoms with Crippen LogP contribution in [0.25, 0.3) is 0 Å². The number of aliphatic hydroxyl groups excluding tert-OH is 1. The molecule has 0 fully saturated rings. The average Bonchev–Trinajstić information content (AvgIpc) is 2.40. The molecule has 0 bridgehead atoms. The van der Waals surface area contributed by atoms with Gasteiger partial charge < -0.3 is 14.6 Å². The molecular weight excluding hydrogens is 276 g/mol. The summed E-state index contributed by atoms with van der Waals surface area (Å²) in [5.41, 5.74) is 2.26. The van der Waals surface area contributed by atoms with Gasteiger partial charge in [0, 0.05) is 12.2 Å². The molecule has 0 amide bonds. The maximum Gasteiger partial charge on any atom is 0.123 e. The highest BCUT2D eigenvalue weighted by molar-refractivity contribution is 5.47. The third-order valence-electron chi connectivity index (χ3n) is 3.40. The van der Waals surface area contributed by atoms with Crippen LogP contribution in [-0.4, -0.2) is 31.0 Å². The molecule has 1 aromatic rings. The molecule has 1 rings (SSSR count). The van der Waals surface area contributed by atoms with Gasteiger partial charge in [-0.15, -0.1) is 0 Å². The van der Waals surface area contributed by atoms with Crippen molar-refractivity contribution in [3.63, 3.8) is 0 Å². The van der Waals surface area contributed by atoms with Crippen molar-refractivity contribution in [2.45, 2.75) is 65.4 Å². The van der Waals surface area contributed by atoms with Gasteiger partial charge in [-0.1, -0.05) is 47.6 Å². The molecule has 0 spiro atoms. The normalized spacial score (nSPS) is 14.0. The fourth-order valence-corrected chi connectivity index (χ4v) is 2.42. The summed E-state index contributed by atoms with van der Waals surface area (Å²) in [6.07, 6.45) is -0.616. The molecule has 1 aromatic carbocycles. The summed E-state index contributed by atoms with van der Waals surface area (Å²) < 4.78 is 11.1. The van der Waals surface area contributed by atoms with Gasteiger partial charge in [-0.2, -0.15) is 0 Å². The topological polar surface area (TPSA) is 38.7 Å². The van der Waals surface area contributed by atoms with E-state index in [1.165, 1.54) is 0 Å². The Kier molecular flexibility index (Phi) is 6.45. The Morgan fingerprint density at radius 3 is 2.23 bits per heavy atom. The molecule has 0 heterocycles. The Hall–Kier alpha value is -1.06. The first-order chi connectivity index (χ1) is 10.1. The van der Waals surface area contributed by atoms with Gasteiger partial charge in [0.05, 0.1) is 6.61 Å². The van der Waals surface area contributed by atoms with Gasteiger partial charge in [-0.3, -0.25) is 0 Å². The lowest BCUT2D eigenvalue weighted by atomic mass is 9.75. The minimum atomic E-state index is -0.616. The maximum atomic E-state index is 9.91. The van der Waals surface area contributed by atoms with Crippen molar-refractivity contribution in [3.05, 3.63) is 29.3 Å². The highest BCUT2D eigenvalue weighted by Gasteiger charge is 2.28. The van der Waals surface area contributed by atoms with E-state index in [9.17, 15) is 5.11 Å². The molecule has 0 saturated carbocycles. The number of aliphatic hydroxyl groups is 1. The van der Waals surface area contributed by atoms with Crippen molar-refractivity contribution in [2.24, 2.45) is 0 Å². The van der Waals surface area contributed by atoms with E-state index in [2.05, 4.69) is 47.6 Å². The van der Waals surface area contributed by atoms with Crippen molar-refractivity contribution >= 4 is 0 Å². The molecule has 3 heteroatoms. The van der Waals surface area contributed by atoms with Crippen molar-refractivity contribution in [3.8, 4) is 5.75 Å². The molecule has 0 aliphatic heterocycles. The highest BCUT2D eigenvalue weighted by atomic mass is 16.5. The molecule has 1 N–H and O–H groups in total. The molecule has 1 unspecified atom stereocenters. The third kappa shape index (κ3) is 5.29. The predicted octanol–water partition coefficient (Wildman–Crippen LogP) is 3.86. The van der Waals surface area contributed by atoms with Gasteiger partial charge in [0.15, 0.2) is 0 Å². The molecule has 22 heavy (non-hydrogen) atoms. The lowest BCUT2D eigenvalue weighted by Crippen LogP contribution is -2.26. The van der Waals surface area contributed by atoms with Crippen molar-refractivity contribution in [1.82, 2.24) is 0 Å². The molecule has 3 nitrogen and oxygen atoms in total. The summed E-state index contributed by atoms with van der Waals surface area (Å²) in [5.74, 6) is 0.826. The van der Waals surface area contributed by atoms with Crippen LogP contribution < -0.4 is 4.74 Å². The number of hydrogen-bond acceptors (Lipinski definition) is 3. The maximum absolute atomic E-state index is 9.91. The summed E-state index contributed by atoms with van der Waals surface area (Å²) in [5, 5.41) is 9.91. The van der Waals surface area contributed by atoms with E-state index in [1.54, 1.807) is 0 Å². The fourth-order valence-electron chi connectivity index (χ4n) is 2.42. The number of rotatable bonds is 6. The van der Waals surface area contributed by atoms with Crippen LogP contribution in [0.4, 0.5) is 0 Å². The zero-order chi connectivity index (χ0) is 17.0. The molecule has 1 atom stereocenters. The molecule has 0 saturated heterocycles. The zero-order valence-electron chi connectivity index (χ0n) is 15.1. The van der Waals surface area contributed by atoms with E-state index in [4.69, 9.17) is 9.47 Å². The third-order valence-corrected chi connectivity index (χ3v) is 3.40. The van der Waals surface area contributed by atoms with E-state index < -0.39 is 6.10 Å². The molecule has 125 valence electrons. The summed E-state index contributed by atoms with van der Waals surface area (Å²) in [4.78, 5) is 0. The van der Waals surface area contributed by atoms with Crippen LogP contribution in [0.5, 0.6) is 5.75 Å². The Morgan fingerprint density at radius 1 is 1.09 bits per heavy atom. The number of benzene rings is 1. The van der Waals surface area contributed by atoms with E-state index in [0.717, 1.165) is 16.9 Å². The number of ether oxygens (including phenoxy) is 2. The second kappa shape index (κ2) is 7.47. The summed E-state index contributed by atoms with van der Waals surface area (Å²) in [6, 6.07) is 7.22. The van der Waals surface area contributed by atoms with Gasteiger partial charge in [0.2, 0.25) is 0 Å². The lowest BCUT2D eigenvalue weighted by Gasteiger charge is -2.31. The van der Waals surface area contributed by atoms with Crippen LogP contribution in [0.1, 0.15) is 59.6 Å². The molecule has 0 aliphatic rings. The first-order valence-corrected chi connectivity index (χ1v) is 8.01. The van der Waals surface area contributed by atoms with Crippen molar-refractivity contribution in [1.29, 1.82) is 0 Å². The second-order valence-corrected chi connectivity index (χ2v) is 7.72. The Balaban J connectivity index is 3.05. The Bertz CT molecular complexity index is 467. The monoisotopic (exact) mass is 307 g/mol. The zero-order valence-corrected chi connectivity index (χ0v) is 15.1. The standard InChI is InChI=1S/C19H31O3/c1-8-21-12-14(20)13-22-16-11-9-10-15(18(2,3)4)17(16)19(5,6)7/h9,11,14,20H,8,12-13H2,1-7H3. The average molecular weight is 307 g/mol. The van der Waals surface area contributed by atoms with Crippen LogP contribution in [0, 0.1) is 6.07 Å². The molecule has 0 aromatic heterocycles. The predicted molar refractivity (Wildman–Crippen MR) is 90.7 cm³/mol. The summed E-state index contributed by atoms with van der Waals surface area (Å²) in [6.45, 7) is 16.1. The first kappa shape index (κ1) is 19.0. The quantitative estimate of drug-likeness (QED) is 0.867. The SMILES string of the molecule is CCOCC(O)COc1cc[c]c(C(C)(C)C)c1C(C)(C)C. The van der Waals surface area contributed by atoms with Crippen LogP contribution in [0.3, 0.4) is 0 Å². The van der Waals surface area contributed by atoms with Gasteiger partial charge in [0.1, 0.15) is 18.5 Å². The van der Waals surface area contributed by atoms with Gasteiger partial charge >= 0.3 is 0 Å². The van der Waals surface area contributed by atoms with E-state index >= 15 is 0 Å². The van der Waals surface area contributed by atoms with Crippen LogP contribution in [0.2, 0.25) is 0 Å². The summed E-state index contributed by atoms with van der Waals surface area (Å²) >= 11 is 0. The smallest absolute Gasteiger partial charge is 0.123 e. The van der Waals surface area contributed by atoms with Gasteiger partial charge in [-0.25, -0.2) is 0 Å². The van der Waals surface area contributed by atoms with Gasteiger partial charge in [0.25, 0.3) is 0 Å². The molecule has 0 aliphatic carbocycles. The summed E-state index contributed by atoms with van der Waals surface area (Å²) in [7, 11) is 0. The van der Waals surface area contributed by atoms with Crippen molar-refractivity contribution in [2.75, 3.05) is 19.8 Å². The minimum Gasteiger partial charge on any atom is -0.490 e. The lowest BCUT2D eigenvalue weighted by molar-refractivity contribution is 0.0160. The molecular formula is C19H31O3. The minimum absolute atomic E-state index is 0.00801. The van der Waals surface area contributed by atoms with E-state index in [0.29, 0.717) is 13.2 Å². The Labute approximate surface area is 135 Å². The van der Waals surface area contributed by atoms with Crippen molar-refractivity contribution < 1.29 is 14.6 Å². The largest absolute Gasteiger partial charge is 0.490 e.